The Kier molecular flexibility index (Phi) is 8.70. The first-order chi connectivity index (χ1) is 12.8. The van der Waals surface area contributed by atoms with Crippen molar-refractivity contribution in [2.24, 2.45) is 0 Å². The van der Waals surface area contributed by atoms with E-state index in [1.165, 1.54) is 0 Å². The summed E-state index contributed by atoms with van der Waals surface area (Å²) in [5.74, 6) is 0.616. The van der Waals surface area contributed by atoms with Gasteiger partial charge in [0, 0.05) is 31.5 Å². The maximum Gasteiger partial charge on any atom is 0.153 e. The van der Waals surface area contributed by atoms with Gasteiger partial charge in [-0.15, -0.1) is 0 Å². The molecule has 0 saturated heterocycles. The summed E-state index contributed by atoms with van der Waals surface area (Å²) in [6, 6.07) is 15.7. The Morgan fingerprint density at radius 2 is 1.81 bits per heavy atom. The van der Waals surface area contributed by atoms with E-state index in [9.17, 15) is 4.79 Å². The maximum atomic E-state index is 11.4. The van der Waals surface area contributed by atoms with Crippen molar-refractivity contribution in [3.63, 3.8) is 0 Å². The molecule has 0 amide bonds. The quantitative estimate of drug-likeness (QED) is 0.451. The van der Waals surface area contributed by atoms with Crippen LogP contribution in [0.5, 0.6) is 5.75 Å². The van der Waals surface area contributed by atoms with Gasteiger partial charge in [0.15, 0.2) is 6.29 Å². The van der Waals surface area contributed by atoms with E-state index >= 15 is 0 Å². The van der Waals surface area contributed by atoms with Gasteiger partial charge in [0.25, 0.3) is 0 Å². The number of anilines is 1. The predicted octanol–water partition coefficient (Wildman–Crippen LogP) is 4.46. The summed E-state index contributed by atoms with van der Waals surface area (Å²) in [7, 11) is 0. The van der Waals surface area contributed by atoms with Gasteiger partial charge < -0.3 is 14.7 Å². The molecule has 0 fully saturated rings. The van der Waals surface area contributed by atoms with Crippen LogP contribution in [0.4, 0.5) is 5.69 Å². The van der Waals surface area contributed by atoms with Crippen molar-refractivity contribution in [1.29, 1.82) is 0 Å². The van der Waals surface area contributed by atoms with Gasteiger partial charge in [-0.05, 0) is 37.0 Å². The van der Waals surface area contributed by atoms with Gasteiger partial charge in [-0.25, -0.2) is 0 Å². The SMILES string of the molecule is CCCCN(CCCCO)c1ccc(C=O)c(OCc2ccccc2)c1. The zero-order chi connectivity index (χ0) is 18.6. The molecule has 0 heterocycles. The van der Waals surface area contributed by atoms with Crippen molar-refractivity contribution in [3.8, 4) is 5.75 Å². The average Bonchev–Trinajstić information content (AvgIpc) is 2.69. The fourth-order valence-corrected chi connectivity index (χ4v) is 2.81. The number of carbonyl (C=O) groups excluding carboxylic acids is 1. The fraction of sp³-hybridized carbons (Fsp3) is 0.409. The van der Waals surface area contributed by atoms with E-state index in [1.54, 1.807) is 0 Å². The number of rotatable bonds is 12. The molecule has 0 aliphatic rings. The Hall–Kier alpha value is -2.33. The number of hydrogen-bond donors (Lipinski definition) is 1. The minimum absolute atomic E-state index is 0.219. The monoisotopic (exact) mass is 355 g/mol. The molecule has 1 N–H and O–H groups in total. The zero-order valence-corrected chi connectivity index (χ0v) is 15.6. The van der Waals surface area contributed by atoms with E-state index in [-0.39, 0.29) is 6.61 Å². The van der Waals surface area contributed by atoms with Crippen molar-refractivity contribution >= 4 is 12.0 Å². The molecule has 0 saturated carbocycles. The second kappa shape index (κ2) is 11.3. The van der Waals surface area contributed by atoms with Gasteiger partial charge in [0.05, 0.1) is 5.56 Å². The summed E-state index contributed by atoms with van der Waals surface area (Å²) in [6.45, 7) is 4.68. The minimum Gasteiger partial charge on any atom is -0.488 e. The zero-order valence-electron chi connectivity index (χ0n) is 15.6. The molecule has 0 bridgehead atoms. The lowest BCUT2D eigenvalue weighted by molar-refractivity contribution is 0.111. The van der Waals surface area contributed by atoms with Gasteiger partial charge in [0.1, 0.15) is 12.4 Å². The number of unbranched alkanes of at least 4 members (excludes halogenated alkanes) is 2. The van der Waals surface area contributed by atoms with Crippen molar-refractivity contribution in [2.75, 3.05) is 24.6 Å². The number of ether oxygens (including phenoxy) is 1. The molecule has 0 spiro atoms. The highest BCUT2D eigenvalue weighted by Crippen LogP contribution is 2.26. The molecule has 0 aliphatic carbocycles. The molecule has 0 radical (unpaired) electrons. The molecule has 2 aromatic carbocycles. The largest absolute Gasteiger partial charge is 0.488 e. The number of aliphatic hydroxyl groups excluding tert-OH is 1. The smallest absolute Gasteiger partial charge is 0.153 e. The lowest BCUT2D eigenvalue weighted by Crippen LogP contribution is -2.26. The first-order valence-corrected chi connectivity index (χ1v) is 9.40. The molecule has 0 atom stereocenters. The lowest BCUT2D eigenvalue weighted by Gasteiger charge is -2.25. The predicted molar refractivity (Wildman–Crippen MR) is 106 cm³/mol. The third-order valence-electron chi connectivity index (χ3n) is 4.34. The standard InChI is InChI=1S/C22H29NO3/c1-2-3-13-23(14-7-8-15-24)21-12-11-20(17-25)22(16-21)26-18-19-9-5-4-6-10-19/h4-6,9-12,16-17,24H,2-3,7-8,13-15,18H2,1H3. The van der Waals surface area contributed by atoms with E-state index in [1.807, 2.05) is 48.5 Å². The van der Waals surface area contributed by atoms with Crippen LogP contribution in [0.1, 0.15) is 48.5 Å². The van der Waals surface area contributed by atoms with Crippen molar-refractivity contribution in [3.05, 3.63) is 59.7 Å². The first kappa shape index (κ1) is 20.0. The van der Waals surface area contributed by atoms with Gasteiger partial charge in [-0.3, -0.25) is 4.79 Å². The Balaban J connectivity index is 2.14. The van der Waals surface area contributed by atoms with Gasteiger partial charge in [-0.1, -0.05) is 43.7 Å². The van der Waals surface area contributed by atoms with E-state index in [0.717, 1.165) is 56.3 Å². The molecule has 140 valence electrons. The van der Waals surface area contributed by atoms with E-state index in [0.29, 0.717) is 17.9 Å². The molecule has 2 aromatic rings. The van der Waals surface area contributed by atoms with Gasteiger partial charge in [-0.2, -0.15) is 0 Å². The summed E-state index contributed by atoms with van der Waals surface area (Å²) in [6.07, 6.45) is 4.81. The van der Waals surface area contributed by atoms with Crippen LogP contribution in [0.15, 0.2) is 48.5 Å². The first-order valence-electron chi connectivity index (χ1n) is 9.40. The Morgan fingerprint density at radius 3 is 2.50 bits per heavy atom. The Labute approximate surface area is 156 Å². The summed E-state index contributed by atoms with van der Waals surface area (Å²) in [4.78, 5) is 13.7. The number of aliphatic hydroxyl groups is 1. The molecule has 2 rings (SSSR count). The van der Waals surface area contributed by atoms with Crippen molar-refractivity contribution < 1.29 is 14.6 Å². The summed E-state index contributed by atoms with van der Waals surface area (Å²) in [5, 5.41) is 9.04. The molecule has 0 aliphatic heterocycles. The second-order valence-electron chi connectivity index (χ2n) is 6.39. The van der Waals surface area contributed by atoms with Crippen LogP contribution in [0.3, 0.4) is 0 Å². The number of benzene rings is 2. The minimum atomic E-state index is 0.219. The summed E-state index contributed by atoms with van der Waals surface area (Å²) in [5.41, 5.74) is 2.70. The highest BCUT2D eigenvalue weighted by molar-refractivity contribution is 5.80. The average molecular weight is 355 g/mol. The molecule has 4 heteroatoms. The van der Waals surface area contributed by atoms with Crippen LogP contribution in [0, 0.1) is 0 Å². The summed E-state index contributed by atoms with van der Waals surface area (Å²) >= 11 is 0. The second-order valence-corrected chi connectivity index (χ2v) is 6.39. The fourth-order valence-electron chi connectivity index (χ4n) is 2.81. The molecule has 26 heavy (non-hydrogen) atoms. The molecular formula is C22H29NO3. The van der Waals surface area contributed by atoms with E-state index < -0.39 is 0 Å². The summed E-state index contributed by atoms with van der Waals surface area (Å²) < 4.78 is 5.94. The van der Waals surface area contributed by atoms with Crippen molar-refractivity contribution in [1.82, 2.24) is 0 Å². The molecule has 0 aromatic heterocycles. The van der Waals surface area contributed by atoms with Crippen LogP contribution in [0.2, 0.25) is 0 Å². The third-order valence-corrected chi connectivity index (χ3v) is 4.34. The maximum absolute atomic E-state index is 11.4. The van der Waals surface area contributed by atoms with E-state index in [4.69, 9.17) is 9.84 Å². The Morgan fingerprint density at radius 1 is 1.04 bits per heavy atom. The molecule has 0 unspecified atom stereocenters. The van der Waals surface area contributed by atoms with Crippen LogP contribution in [-0.4, -0.2) is 31.1 Å². The highest BCUT2D eigenvalue weighted by Gasteiger charge is 2.11. The normalized spacial score (nSPS) is 10.5. The molecule has 4 nitrogen and oxygen atoms in total. The van der Waals surface area contributed by atoms with Crippen LogP contribution < -0.4 is 9.64 Å². The van der Waals surface area contributed by atoms with Crippen molar-refractivity contribution in [2.45, 2.75) is 39.2 Å². The van der Waals surface area contributed by atoms with E-state index in [2.05, 4.69) is 11.8 Å². The number of nitrogens with zero attached hydrogens (tertiary/aromatic N) is 1. The highest BCUT2D eigenvalue weighted by atomic mass is 16.5. The van der Waals surface area contributed by atoms with Crippen LogP contribution in [0.25, 0.3) is 0 Å². The van der Waals surface area contributed by atoms with Crippen LogP contribution >= 0.6 is 0 Å². The van der Waals surface area contributed by atoms with Gasteiger partial charge >= 0.3 is 0 Å². The van der Waals surface area contributed by atoms with Gasteiger partial charge in [0.2, 0.25) is 0 Å². The number of aldehydes is 1. The lowest BCUT2D eigenvalue weighted by atomic mass is 10.1. The third kappa shape index (κ3) is 6.19. The topological polar surface area (TPSA) is 49.8 Å². The number of carbonyl (C=O) groups is 1. The number of hydrogen-bond acceptors (Lipinski definition) is 4. The van der Waals surface area contributed by atoms with Crippen LogP contribution in [-0.2, 0) is 6.61 Å². The Bertz CT molecular complexity index is 658. The molecular weight excluding hydrogens is 326 g/mol.